The second-order valence-electron chi connectivity index (χ2n) is 3.09. The van der Waals surface area contributed by atoms with E-state index in [1.165, 1.54) is 0 Å². The van der Waals surface area contributed by atoms with Crippen molar-refractivity contribution in [2.45, 2.75) is 6.18 Å². The maximum absolute atomic E-state index is 10.6. The van der Waals surface area contributed by atoms with Crippen molar-refractivity contribution < 1.29 is 37.7 Å². The molecule has 1 saturated heterocycles. The van der Waals surface area contributed by atoms with Gasteiger partial charge in [0.1, 0.15) is 0 Å². The predicted octanol–water partition coefficient (Wildman–Crippen LogP) is 0.0365. The van der Waals surface area contributed by atoms with Gasteiger partial charge in [0, 0.05) is 13.1 Å². The Bertz CT molecular complexity index is 262. The van der Waals surface area contributed by atoms with E-state index in [9.17, 15) is 18.0 Å². The Morgan fingerprint density at radius 2 is 1.59 bits per heavy atom. The number of halogens is 3. The van der Waals surface area contributed by atoms with Crippen LogP contribution in [0.25, 0.3) is 0 Å². The molecule has 1 aliphatic rings. The summed E-state index contributed by atoms with van der Waals surface area (Å²) in [7, 11) is 0. The number of aliphatic carboxylic acids is 2. The second-order valence-corrected chi connectivity index (χ2v) is 3.09. The maximum Gasteiger partial charge on any atom is 0.490 e. The zero-order chi connectivity index (χ0) is 13.5. The minimum atomic E-state index is -5.08. The van der Waals surface area contributed by atoms with Crippen LogP contribution >= 0.6 is 0 Å². The first kappa shape index (κ1) is 15.7. The number of hydrogen-bond acceptors (Lipinski definition) is 4. The van der Waals surface area contributed by atoms with E-state index >= 15 is 0 Å². The first-order valence-electron chi connectivity index (χ1n) is 4.55. The van der Waals surface area contributed by atoms with Crippen LogP contribution in [0.5, 0.6) is 0 Å². The molecule has 2 N–H and O–H groups in total. The summed E-state index contributed by atoms with van der Waals surface area (Å²) in [5.41, 5.74) is 0. The summed E-state index contributed by atoms with van der Waals surface area (Å²) < 4.78 is 36.8. The third-order valence-corrected chi connectivity index (χ3v) is 1.71. The summed E-state index contributed by atoms with van der Waals surface area (Å²) in [5.74, 6) is -3.52. The minimum Gasteiger partial charge on any atom is -0.480 e. The highest BCUT2D eigenvalue weighted by Crippen LogP contribution is 2.13. The van der Waals surface area contributed by atoms with E-state index in [0.29, 0.717) is 13.2 Å². The first-order chi connectivity index (χ1) is 7.73. The summed E-state index contributed by atoms with van der Waals surface area (Å²) in [4.78, 5) is 20.9. The molecule has 1 heterocycles. The van der Waals surface area contributed by atoms with Crippen LogP contribution in [-0.2, 0) is 14.3 Å². The molecular formula is C8H12F3NO5. The van der Waals surface area contributed by atoms with Gasteiger partial charge in [0.15, 0.2) is 0 Å². The molecular weight excluding hydrogens is 247 g/mol. The van der Waals surface area contributed by atoms with Gasteiger partial charge in [-0.05, 0) is 0 Å². The summed E-state index contributed by atoms with van der Waals surface area (Å²) >= 11 is 0. The van der Waals surface area contributed by atoms with Gasteiger partial charge in [-0.2, -0.15) is 13.2 Å². The quantitative estimate of drug-likeness (QED) is 0.728. The molecule has 0 aromatic heterocycles. The minimum absolute atomic E-state index is 0.142. The normalized spacial score (nSPS) is 16.9. The van der Waals surface area contributed by atoms with Gasteiger partial charge in [-0.3, -0.25) is 9.69 Å². The Labute approximate surface area is 94.6 Å². The number of carboxylic acids is 2. The van der Waals surface area contributed by atoms with Gasteiger partial charge in [-0.1, -0.05) is 0 Å². The molecule has 0 aliphatic carbocycles. The van der Waals surface area contributed by atoms with Gasteiger partial charge in [0.25, 0.3) is 0 Å². The molecule has 6 nitrogen and oxygen atoms in total. The fourth-order valence-corrected chi connectivity index (χ4v) is 0.951. The average molecular weight is 259 g/mol. The Morgan fingerprint density at radius 1 is 1.18 bits per heavy atom. The van der Waals surface area contributed by atoms with Crippen molar-refractivity contribution in [3.8, 4) is 0 Å². The van der Waals surface area contributed by atoms with Crippen LogP contribution < -0.4 is 0 Å². The zero-order valence-electron chi connectivity index (χ0n) is 8.74. The SMILES string of the molecule is O=C(O)C(F)(F)F.O=C(O)CN1CCOCC1. The summed E-state index contributed by atoms with van der Waals surface area (Å²) in [6.45, 7) is 2.95. The van der Waals surface area contributed by atoms with Crippen molar-refractivity contribution in [1.82, 2.24) is 4.90 Å². The van der Waals surface area contributed by atoms with Crippen LogP contribution in [0.4, 0.5) is 13.2 Å². The van der Waals surface area contributed by atoms with Crippen LogP contribution in [0, 0.1) is 0 Å². The van der Waals surface area contributed by atoms with Crippen LogP contribution in [0.3, 0.4) is 0 Å². The fraction of sp³-hybridized carbons (Fsp3) is 0.750. The van der Waals surface area contributed by atoms with Gasteiger partial charge in [0.05, 0.1) is 19.8 Å². The molecule has 0 saturated carbocycles. The molecule has 9 heteroatoms. The number of hydrogen-bond donors (Lipinski definition) is 2. The van der Waals surface area contributed by atoms with Crippen molar-refractivity contribution >= 4 is 11.9 Å². The number of alkyl halides is 3. The van der Waals surface area contributed by atoms with E-state index in [1.807, 2.05) is 4.90 Å². The van der Waals surface area contributed by atoms with Crippen molar-refractivity contribution in [1.29, 1.82) is 0 Å². The molecule has 0 bridgehead atoms. The number of rotatable bonds is 2. The Hall–Kier alpha value is -1.35. The predicted molar refractivity (Wildman–Crippen MR) is 48.6 cm³/mol. The lowest BCUT2D eigenvalue weighted by Crippen LogP contribution is -2.39. The number of nitrogens with zero attached hydrogens (tertiary/aromatic N) is 1. The monoisotopic (exact) mass is 259 g/mol. The molecule has 0 spiro atoms. The highest BCUT2D eigenvalue weighted by atomic mass is 19.4. The van der Waals surface area contributed by atoms with Crippen LogP contribution in [-0.4, -0.2) is 66.1 Å². The summed E-state index contributed by atoms with van der Waals surface area (Å²) in [6, 6.07) is 0. The first-order valence-corrected chi connectivity index (χ1v) is 4.55. The third kappa shape index (κ3) is 8.46. The third-order valence-electron chi connectivity index (χ3n) is 1.71. The van der Waals surface area contributed by atoms with E-state index in [2.05, 4.69) is 0 Å². The van der Waals surface area contributed by atoms with E-state index in [1.54, 1.807) is 0 Å². The topological polar surface area (TPSA) is 87.1 Å². The van der Waals surface area contributed by atoms with Gasteiger partial charge < -0.3 is 14.9 Å². The molecule has 1 aliphatic heterocycles. The lowest BCUT2D eigenvalue weighted by atomic mass is 10.4. The van der Waals surface area contributed by atoms with E-state index in [-0.39, 0.29) is 6.54 Å². The van der Waals surface area contributed by atoms with Crippen molar-refractivity contribution in [2.24, 2.45) is 0 Å². The van der Waals surface area contributed by atoms with Crippen LogP contribution in [0.15, 0.2) is 0 Å². The molecule has 100 valence electrons. The highest BCUT2D eigenvalue weighted by Gasteiger charge is 2.38. The summed E-state index contributed by atoms with van der Waals surface area (Å²) in [5, 5.41) is 15.5. The van der Waals surface area contributed by atoms with Crippen molar-refractivity contribution in [3.63, 3.8) is 0 Å². The van der Waals surface area contributed by atoms with Gasteiger partial charge in [-0.25, -0.2) is 4.79 Å². The van der Waals surface area contributed by atoms with Crippen LogP contribution in [0.2, 0.25) is 0 Å². The van der Waals surface area contributed by atoms with Gasteiger partial charge >= 0.3 is 18.1 Å². The molecule has 0 aromatic rings. The maximum atomic E-state index is 10.6. The molecule has 17 heavy (non-hydrogen) atoms. The van der Waals surface area contributed by atoms with E-state index in [0.717, 1.165) is 13.1 Å². The number of carbonyl (C=O) groups is 2. The number of carboxylic acid groups (broad SMARTS) is 2. The molecule has 0 aromatic carbocycles. The van der Waals surface area contributed by atoms with E-state index < -0.39 is 18.1 Å². The molecule has 0 radical (unpaired) electrons. The smallest absolute Gasteiger partial charge is 0.480 e. The Morgan fingerprint density at radius 3 is 1.88 bits per heavy atom. The molecule has 1 rings (SSSR count). The lowest BCUT2D eigenvalue weighted by molar-refractivity contribution is -0.192. The Kier molecular flexibility index (Phi) is 6.51. The largest absolute Gasteiger partial charge is 0.490 e. The average Bonchev–Trinajstić information content (AvgIpc) is 2.17. The van der Waals surface area contributed by atoms with Crippen LogP contribution in [0.1, 0.15) is 0 Å². The summed E-state index contributed by atoms with van der Waals surface area (Å²) in [6.07, 6.45) is -5.08. The molecule has 0 amide bonds. The fourth-order valence-electron chi connectivity index (χ4n) is 0.951. The zero-order valence-corrected chi connectivity index (χ0v) is 8.74. The molecule has 1 fully saturated rings. The Balaban J connectivity index is 0.000000325. The van der Waals surface area contributed by atoms with Gasteiger partial charge in [-0.15, -0.1) is 0 Å². The second kappa shape index (κ2) is 7.07. The van der Waals surface area contributed by atoms with E-state index in [4.69, 9.17) is 19.7 Å². The van der Waals surface area contributed by atoms with Crippen molar-refractivity contribution in [2.75, 3.05) is 32.8 Å². The number of morpholine rings is 1. The number of ether oxygens (including phenoxy) is 1. The molecule has 0 unspecified atom stereocenters. The lowest BCUT2D eigenvalue weighted by Gasteiger charge is -2.24. The van der Waals surface area contributed by atoms with Gasteiger partial charge in [0.2, 0.25) is 0 Å². The standard InChI is InChI=1S/C6H11NO3.C2HF3O2/c8-6(9)5-7-1-3-10-4-2-7;3-2(4,5)1(6)7/h1-5H2,(H,8,9);(H,6,7). The van der Waals surface area contributed by atoms with Crippen molar-refractivity contribution in [3.05, 3.63) is 0 Å². The molecule has 0 atom stereocenters. The highest BCUT2D eigenvalue weighted by molar-refractivity contribution is 5.73.